The fraction of sp³-hybridized carbons (Fsp3) is 0.636. The first-order chi connectivity index (χ1) is 7.36. The fourth-order valence-electron chi connectivity index (χ4n) is 1.77. The monoisotopic (exact) mass is 289 g/mol. The minimum atomic E-state index is 0.799. The van der Waals surface area contributed by atoms with Crippen LogP contribution in [0, 0.1) is 0 Å². The van der Waals surface area contributed by atoms with E-state index in [1.54, 1.807) is 6.26 Å². The molecule has 1 aromatic heterocycles. The SMILES string of the molecule is Brc1ccoc1CNCC1CCCCS1. The summed E-state index contributed by atoms with van der Waals surface area (Å²) in [6.45, 7) is 1.92. The van der Waals surface area contributed by atoms with Gasteiger partial charge in [-0.3, -0.25) is 0 Å². The number of nitrogens with one attached hydrogen (secondary N) is 1. The summed E-state index contributed by atoms with van der Waals surface area (Å²) in [5.41, 5.74) is 0. The molecule has 1 aliphatic heterocycles. The third kappa shape index (κ3) is 3.54. The van der Waals surface area contributed by atoms with Crippen molar-refractivity contribution in [2.24, 2.45) is 0 Å². The van der Waals surface area contributed by atoms with Gasteiger partial charge in [-0.2, -0.15) is 11.8 Å². The van der Waals surface area contributed by atoms with Crippen LogP contribution >= 0.6 is 27.7 Å². The predicted octanol–water partition coefficient (Wildman–Crippen LogP) is 3.42. The Balaban J connectivity index is 1.68. The average molecular weight is 290 g/mol. The van der Waals surface area contributed by atoms with Gasteiger partial charge in [0.25, 0.3) is 0 Å². The standard InChI is InChI=1S/C11H16BrNOS/c12-10-4-5-14-11(10)8-13-7-9-3-1-2-6-15-9/h4-5,9,13H,1-3,6-8H2. The number of furan rings is 1. The van der Waals surface area contributed by atoms with Gasteiger partial charge in [0.05, 0.1) is 17.3 Å². The summed E-state index contributed by atoms with van der Waals surface area (Å²) in [6.07, 6.45) is 5.86. The van der Waals surface area contributed by atoms with Gasteiger partial charge in [-0.05, 0) is 40.6 Å². The highest BCUT2D eigenvalue weighted by atomic mass is 79.9. The maximum absolute atomic E-state index is 5.34. The van der Waals surface area contributed by atoms with E-state index < -0.39 is 0 Å². The van der Waals surface area contributed by atoms with Crippen molar-refractivity contribution in [2.45, 2.75) is 31.1 Å². The highest BCUT2D eigenvalue weighted by molar-refractivity contribution is 9.10. The molecule has 2 heterocycles. The molecule has 1 N–H and O–H groups in total. The van der Waals surface area contributed by atoms with E-state index in [-0.39, 0.29) is 0 Å². The van der Waals surface area contributed by atoms with Crippen LogP contribution in [-0.2, 0) is 6.54 Å². The van der Waals surface area contributed by atoms with Crippen molar-refractivity contribution in [1.82, 2.24) is 5.32 Å². The van der Waals surface area contributed by atoms with E-state index in [0.717, 1.165) is 28.6 Å². The van der Waals surface area contributed by atoms with E-state index in [0.29, 0.717) is 0 Å². The number of thioether (sulfide) groups is 1. The molecule has 1 aliphatic rings. The van der Waals surface area contributed by atoms with Crippen molar-refractivity contribution in [2.75, 3.05) is 12.3 Å². The number of hydrogen-bond acceptors (Lipinski definition) is 3. The van der Waals surface area contributed by atoms with Crippen LogP contribution in [0.15, 0.2) is 21.2 Å². The minimum Gasteiger partial charge on any atom is -0.467 e. The van der Waals surface area contributed by atoms with Crippen LogP contribution in [0.1, 0.15) is 25.0 Å². The average Bonchev–Trinajstić information content (AvgIpc) is 2.66. The minimum absolute atomic E-state index is 0.799. The molecule has 0 aliphatic carbocycles. The molecule has 0 radical (unpaired) electrons. The zero-order valence-electron chi connectivity index (χ0n) is 8.67. The molecule has 0 bridgehead atoms. The molecular formula is C11H16BrNOS. The summed E-state index contributed by atoms with van der Waals surface area (Å²) in [7, 11) is 0. The number of hydrogen-bond donors (Lipinski definition) is 1. The van der Waals surface area contributed by atoms with Crippen LogP contribution in [-0.4, -0.2) is 17.5 Å². The van der Waals surface area contributed by atoms with E-state index in [2.05, 4.69) is 33.0 Å². The third-order valence-electron chi connectivity index (χ3n) is 2.62. The Morgan fingerprint density at radius 1 is 1.53 bits per heavy atom. The molecule has 1 unspecified atom stereocenters. The van der Waals surface area contributed by atoms with E-state index in [1.165, 1.54) is 25.0 Å². The summed E-state index contributed by atoms with van der Waals surface area (Å²) in [4.78, 5) is 0. The summed E-state index contributed by atoms with van der Waals surface area (Å²) >= 11 is 5.55. The fourth-order valence-corrected chi connectivity index (χ4v) is 3.38. The van der Waals surface area contributed by atoms with Crippen molar-refractivity contribution >= 4 is 27.7 Å². The molecule has 0 amide bonds. The first kappa shape index (κ1) is 11.6. The maximum Gasteiger partial charge on any atom is 0.131 e. The lowest BCUT2D eigenvalue weighted by Crippen LogP contribution is -2.26. The molecule has 0 spiro atoms. The van der Waals surface area contributed by atoms with Crippen molar-refractivity contribution in [1.29, 1.82) is 0 Å². The van der Waals surface area contributed by atoms with Crippen LogP contribution in [0.4, 0.5) is 0 Å². The van der Waals surface area contributed by atoms with Gasteiger partial charge in [-0.1, -0.05) is 6.42 Å². The zero-order chi connectivity index (χ0) is 10.5. The van der Waals surface area contributed by atoms with Gasteiger partial charge in [-0.25, -0.2) is 0 Å². The lowest BCUT2D eigenvalue weighted by atomic mass is 10.2. The van der Waals surface area contributed by atoms with Crippen molar-refractivity contribution in [3.05, 3.63) is 22.6 Å². The molecule has 4 heteroatoms. The summed E-state index contributed by atoms with van der Waals surface area (Å²) < 4.78 is 6.40. The van der Waals surface area contributed by atoms with Crippen LogP contribution in [0.2, 0.25) is 0 Å². The molecule has 2 nitrogen and oxygen atoms in total. The van der Waals surface area contributed by atoms with E-state index in [9.17, 15) is 0 Å². The van der Waals surface area contributed by atoms with Crippen LogP contribution in [0.5, 0.6) is 0 Å². The van der Waals surface area contributed by atoms with Crippen molar-refractivity contribution < 1.29 is 4.42 Å². The Bertz CT molecular complexity index is 297. The quantitative estimate of drug-likeness (QED) is 0.920. The van der Waals surface area contributed by atoms with Gasteiger partial charge >= 0.3 is 0 Å². The molecule has 15 heavy (non-hydrogen) atoms. The molecule has 1 atom stereocenters. The smallest absolute Gasteiger partial charge is 0.131 e. The first-order valence-corrected chi connectivity index (χ1v) is 7.24. The Kier molecular flexibility index (Phi) is 4.60. The summed E-state index contributed by atoms with van der Waals surface area (Å²) in [5, 5.41) is 4.25. The molecule has 1 aromatic rings. The lowest BCUT2D eigenvalue weighted by Gasteiger charge is -2.21. The third-order valence-corrected chi connectivity index (χ3v) is 4.73. The van der Waals surface area contributed by atoms with Gasteiger partial charge in [0.1, 0.15) is 5.76 Å². The Morgan fingerprint density at radius 2 is 2.47 bits per heavy atom. The predicted molar refractivity (Wildman–Crippen MR) is 68.2 cm³/mol. The second-order valence-electron chi connectivity index (χ2n) is 3.81. The van der Waals surface area contributed by atoms with E-state index in [4.69, 9.17) is 4.42 Å². The molecular weight excluding hydrogens is 274 g/mol. The second kappa shape index (κ2) is 5.97. The molecule has 84 valence electrons. The second-order valence-corrected chi connectivity index (χ2v) is 6.07. The van der Waals surface area contributed by atoms with E-state index in [1.807, 2.05) is 6.07 Å². The summed E-state index contributed by atoms with van der Waals surface area (Å²) in [6, 6.07) is 1.94. The Hall–Kier alpha value is 0.0700. The van der Waals surface area contributed by atoms with Gasteiger partial charge in [0, 0.05) is 11.8 Å². The van der Waals surface area contributed by atoms with Crippen LogP contribution in [0.3, 0.4) is 0 Å². The van der Waals surface area contributed by atoms with E-state index >= 15 is 0 Å². The van der Waals surface area contributed by atoms with Crippen molar-refractivity contribution in [3.63, 3.8) is 0 Å². The van der Waals surface area contributed by atoms with Crippen LogP contribution in [0.25, 0.3) is 0 Å². The zero-order valence-corrected chi connectivity index (χ0v) is 11.1. The van der Waals surface area contributed by atoms with Gasteiger partial charge in [0.15, 0.2) is 0 Å². The number of halogens is 1. The highest BCUT2D eigenvalue weighted by Gasteiger charge is 2.13. The van der Waals surface area contributed by atoms with Gasteiger partial charge < -0.3 is 9.73 Å². The first-order valence-electron chi connectivity index (χ1n) is 5.40. The largest absolute Gasteiger partial charge is 0.467 e. The van der Waals surface area contributed by atoms with Gasteiger partial charge in [-0.15, -0.1) is 0 Å². The summed E-state index contributed by atoms with van der Waals surface area (Å²) in [5.74, 6) is 2.33. The molecule has 0 saturated carbocycles. The number of rotatable bonds is 4. The van der Waals surface area contributed by atoms with Gasteiger partial charge in [0.2, 0.25) is 0 Å². The van der Waals surface area contributed by atoms with Crippen molar-refractivity contribution in [3.8, 4) is 0 Å². The van der Waals surface area contributed by atoms with Crippen LogP contribution < -0.4 is 5.32 Å². The Labute approximate surface area is 103 Å². The highest BCUT2D eigenvalue weighted by Crippen LogP contribution is 2.24. The molecule has 2 rings (SSSR count). The maximum atomic E-state index is 5.34. The normalized spacial score (nSPS) is 21.8. The lowest BCUT2D eigenvalue weighted by molar-refractivity contribution is 0.476. The molecule has 1 saturated heterocycles. The Morgan fingerprint density at radius 3 is 3.13 bits per heavy atom. The topological polar surface area (TPSA) is 25.2 Å². The molecule has 1 fully saturated rings. The molecule has 0 aromatic carbocycles.